The molecule has 1 aliphatic heterocycles. The smallest absolute Gasteiger partial charge is 0.231 e. The minimum atomic E-state index is 0.509. The van der Waals surface area contributed by atoms with Crippen molar-refractivity contribution < 1.29 is 4.74 Å². The van der Waals surface area contributed by atoms with Crippen LogP contribution in [0.5, 0.6) is 0 Å². The number of ether oxygens (including phenoxy) is 1. The Balaban J connectivity index is 1.32. The van der Waals surface area contributed by atoms with Gasteiger partial charge in [-0.15, -0.1) is 0 Å². The monoisotopic (exact) mass is 477 g/mol. The van der Waals surface area contributed by atoms with Crippen molar-refractivity contribution in [3.05, 3.63) is 96.8 Å². The molecule has 1 saturated heterocycles. The Kier molecular flexibility index (Phi) is 6.16. The summed E-state index contributed by atoms with van der Waals surface area (Å²) in [4.78, 5) is 16.6. The van der Waals surface area contributed by atoms with Crippen molar-refractivity contribution in [3.63, 3.8) is 0 Å². The molecule has 8 nitrogen and oxygen atoms in total. The summed E-state index contributed by atoms with van der Waals surface area (Å²) in [6.45, 7) is 3.99. The molecule has 180 valence electrons. The molecule has 0 saturated carbocycles. The van der Waals surface area contributed by atoms with Gasteiger partial charge in [0.2, 0.25) is 5.95 Å². The Morgan fingerprint density at radius 1 is 0.778 bits per heavy atom. The van der Waals surface area contributed by atoms with Crippen LogP contribution in [0.15, 0.2) is 91.3 Å². The molecular weight excluding hydrogens is 450 g/mol. The van der Waals surface area contributed by atoms with Crippen LogP contribution in [-0.2, 0) is 11.3 Å². The van der Waals surface area contributed by atoms with E-state index in [4.69, 9.17) is 14.7 Å². The lowest BCUT2D eigenvalue weighted by molar-refractivity contribution is 0.122. The maximum atomic E-state index is 5.47. The van der Waals surface area contributed by atoms with E-state index in [1.807, 2.05) is 53.1 Å². The minimum absolute atomic E-state index is 0.509. The zero-order valence-corrected chi connectivity index (χ0v) is 19.8. The molecule has 5 aromatic rings. The number of fused-ring (bicyclic) bond motifs is 1. The molecular formula is C28H27N7O. The van der Waals surface area contributed by atoms with Gasteiger partial charge in [-0.25, -0.2) is 4.98 Å². The lowest BCUT2D eigenvalue weighted by Crippen LogP contribution is -2.36. The second-order valence-corrected chi connectivity index (χ2v) is 8.63. The number of nitrogens with one attached hydrogen (secondary N) is 2. The van der Waals surface area contributed by atoms with Crippen molar-refractivity contribution in [2.75, 3.05) is 41.8 Å². The van der Waals surface area contributed by atoms with Crippen molar-refractivity contribution in [3.8, 4) is 5.69 Å². The molecule has 0 atom stereocenters. The molecule has 3 heterocycles. The largest absolute Gasteiger partial charge is 0.378 e. The highest BCUT2D eigenvalue weighted by Gasteiger charge is 2.15. The molecule has 2 N–H and O–H groups in total. The molecule has 0 amide bonds. The SMILES string of the molecule is c1ccc(CNc2nc(Nc3ccc(N4CCOCC4)cc3)nc3c2ncn3-c2ccccc2)cc1. The predicted molar refractivity (Wildman–Crippen MR) is 143 cm³/mol. The lowest BCUT2D eigenvalue weighted by Gasteiger charge is -2.28. The van der Waals surface area contributed by atoms with Gasteiger partial charge in [0, 0.05) is 36.7 Å². The third-order valence-corrected chi connectivity index (χ3v) is 6.23. The van der Waals surface area contributed by atoms with Gasteiger partial charge in [0.15, 0.2) is 17.0 Å². The van der Waals surface area contributed by atoms with E-state index < -0.39 is 0 Å². The van der Waals surface area contributed by atoms with Gasteiger partial charge in [-0.1, -0.05) is 48.5 Å². The van der Waals surface area contributed by atoms with E-state index >= 15 is 0 Å². The Hall–Kier alpha value is -4.43. The summed E-state index contributed by atoms with van der Waals surface area (Å²) < 4.78 is 7.45. The van der Waals surface area contributed by atoms with E-state index in [2.05, 4.69) is 56.9 Å². The average molecular weight is 478 g/mol. The van der Waals surface area contributed by atoms with Crippen LogP contribution in [0.3, 0.4) is 0 Å². The lowest BCUT2D eigenvalue weighted by atomic mass is 10.2. The summed E-state index contributed by atoms with van der Waals surface area (Å²) in [5.74, 6) is 1.20. The molecule has 6 rings (SSSR count). The summed E-state index contributed by atoms with van der Waals surface area (Å²) in [5.41, 5.74) is 5.73. The number of anilines is 4. The topological polar surface area (TPSA) is 80.1 Å². The number of hydrogen-bond acceptors (Lipinski definition) is 7. The Bertz CT molecular complexity index is 1430. The quantitative estimate of drug-likeness (QED) is 0.341. The first kappa shape index (κ1) is 22.1. The van der Waals surface area contributed by atoms with E-state index in [0.29, 0.717) is 18.3 Å². The molecule has 1 fully saturated rings. The number of aromatic nitrogens is 4. The fourth-order valence-corrected chi connectivity index (χ4v) is 4.34. The van der Waals surface area contributed by atoms with Crippen LogP contribution in [0.1, 0.15) is 5.56 Å². The number of nitrogens with zero attached hydrogens (tertiary/aromatic N) is 5. The zero-order chi connectivity index (χ0) is 24.2. The van der Waals surface area contributed by atoms with E-state index in [1.54, 1.807) is 6.33 Å². The van der Waals surface area contributed by atoms with Crippen molar-refractivity contribution in [1.82, 2.24) is 19.5 Å². The van der Waals surface area contributed by atoms with E-state index in [9.17, 15) is 0 Å². The molecule has 36 heavy (non-hydrogen) atoms. The number of imidazole rings is 1. The molecule has 0 spiro atoms. The molecule has 0 unspecified atom stereocenters. The second-order valence-electron chi connectivity index (χ2n) is 8.63. The Morgan fingerprint density at radius 2 is 1.50 bits per heavy atom. The maximum Gasteiger partial charge on any atom is 0.231 e. The van der Waals surface area contributed by atoms with Crippen LogP contribution in [0.4, 0.5) is 23.1 Å². The maximum absolute atomic E-state index is 5.47. The number of rotatable bonds is 7. The van der Waals surface area contributed by atoms with Crippen molar-refractivity contribution in [2.24, 2.45) is 0 Å². The highest BCUT2D eigenvalue weighted by Crippen LogP contribution is 2.26. The zero-order valence-electron chi connectivity index (χ0n) is 19.8. The molecule has 3 aromatic carbocycles. The van der Waals surface area contributed by atoms with E-state index in [0.717, 1.165) is 48.8 Å². The third-order valence-electron chi connectivity index (χ3n) is 6.23. The highest BCUT2D eigenvalue weighted by molar-refractivity contribution is 5.86. The van der Waals surface area contributed by atoms with Crippen LogP contribution >= 0.6 is 0 Å². The van der Waals surface area contributed by atoms with Crippen LogP contribution in [-0.4, -0.2) is 45.8 Å². The van der Waals surface area contributed by atoms with Crippen LogP contribution in [0, 0.1) is 0 Å². The number of hydrogen-bond donors (Lipinski definition) is 2. The normalized spacial score (nSPS) is 13.6. The first-order chi connectivity index (χ1) is 17.8. The minimum Gasteiger partial charge on any atom is -0.378 e. The van der Waals surface area contributed by atoms with Crippen LogP contribution in [0.25, 0.3) is 16.9 Å². The molecule has 0 bridgehead atoms. The number of benzene rings is 3. The Morgan fingerprint density at radius 3 is 2.25 bits per heavy atom. The van der Waals surface area contributed by atoms with E-state index in [1.165, 1.54) is 11.3 Å². The van der Waals surface area contributed by atoms with Crippen molar-refractivity contribution in [2.45, 2.75) is 6.54 Å². The standard InChI is InChI=1S/C28H27N7O/c1-3-7-21(8-4-1)19-29-26-25-27(35(20-30-25)24-9-5-2-6-10-24)33-28(32-26)31-22-11-13-23(14-12-22)34-15-17-36-18-16-34/h1-14,20H,15-19H2,(H2,29,31,32,33). The summed E-state index contributed by atoms with van der Waals surface area (Å²) in [5, 5.41) is 6.85. The predicted octanol–water partition coefficient (Wildman–Crippen LogP) is 5.01. The molecule has 1 aliphatic rings. The molecule has 0 aliphatic carbocycles. The van der Waals surface area contributed by atoms with Gasteiger partial charge in [-0.2, -0.15) is 9.97 Å². The van der Waals surface area contributed by atoms with Gasteiger partial charge >= 0.3 is 0 Å². The van der Waals surface area contributed by atoms with Gasteiger partial charge in [0.05, 0.1) is 13.2 Å². The number of morpholine rings is 1. The van der Waals surface area contributed by atoms with Gasteiger partial charge in [0.25, 0.3) is 0 Å². The average Bonchev–Trinajstić information content (AvgIpc) is 3.38. The summed E-state index contributed by atoms with van der Waals surface area (Å²) in [7, 11) is 0. The summed E-state index contributed by atoms with van der Waals surface area (Å²) >= 11 is 0. The third kappa shape index (κ3) is 4.71. The first-order valence-corrected chi connectivity index (χ1v) is 12.1. The van der Waals surface area contributed by atoms with Crippen LogP contribution < -0.4 is 15.5 Å². The van der Waals surface area contributed by atoms with Crippen molar-refractivity contribution in [1.29, 1.82) is 0 Å². The summed E-state index contributed by atoms with van der Waals surface area (Å²) in [6, 6.07) is 28.7. The first-order valence-electron chi connectivity index (χ1n) is 12.1. The van der Waals surface area contributed by atoms with Gasteiger partial charge < -0.3 is 20.3 Å². The fraction of sp³-hybridized carbons (Fsp3) is 0.179. The van der Waals surface area contributed by atoms with Gasteiger partial charge in [-0.3, -0.25) is 4.57 Å². The molecule has 2 aromatic heterocycles. The van der Waals surface area contributed by atoms with E-state index in [-0.39, 0.29) is 0 Å². The fourth-order valence-electron chi connectivity index (χ4n) is 4.34. The highest BCUT2D eigenvalue weighted by atomic mass is 16.5. The van der Waals surface area contributed by atoms with Gasteiger partial charge in [-0.05, 0) is 42.0 Å². The summed E-state index contributed by atoms with van der Waals surface area (Å²) in [6.07, 6.45) is 1.79. The second kappa shape index (κ2) is 10.1. The van der Waals surface area contributed by atoms with Crippen LogP contribution in [0.2, 0.25) is 0 Å². The van der Waals surface area contributed by atoms with Crippen molar-refractivity contribution >= 4 is 34.3 Å². The molecule has 0 radical (unpaired) electrons. The molecule has 8 heteroatoms. The Labute approximate surface area is 209 Å². The van der Waals surface area contributed by atoms with Gasteiger partial charge in [0.1, 0.15) is 6.33 Å². The number of para-hydroxylation sites is 1.